The highest BCUT2D eigenvalue weighted by molar-refractivity contribution is 5.87. The average Bonchev–Trinajstić information content (AvgIpc) is 2.62. The number of carbonyl (C=O) groups is 2. The largest absolute Gasteiger partial charge is 0.444 e. The zero-order chi connectivity index (χ0) is 12.3. The van der Waals surface area contributed by atoms with E-state index in [9.17, 15) is 9.59 Å². The van der Waals surface area contributed by atoms with Crippen molar-refractivity contribution in [1.82, 2.24) is 4.90 Å². The number of carbonyl (C=O) groups excluding carboxylic acids is 2. The van der Waals surface area contributed by atoms with Crippen LogP contribution in [0.1, 0.15) is 47.0 Å². The Hall–Kier alpha value is -1.06. The topological polar surface area (TPSA) is 46.6 Å². The van der Waals surface area contributed by atoms with Gasteiger partial charge < -0.3 is 4.74 Å². The van der Waals surface area contributed by atoms with E-state index >= 15 is 0 Å². The predicted octanol–water partition coefficient (Wildman–Crippen LogP) is 2.37. The Balaban J connectivity index is 2.65. The van der Waals surface area contributed by atoms with Crippen LogP contribution in [0.3, 0.4) is 0 Å². The first kappa shape index (κ1) is 13.0. The van der Waals surface area contributed by atoms with Crippen LogP contribution in [0.25, 0.3) is 0 Å². The number of hydrogen-bond acceptors (Lipinski definition) is 3. The summed E-state index contributed by atoms with van der Waals surface area (Å²) >= 11 is 0. The van der Waals surface area contributed by atoms with Gasteiger partial charge in [-0.05, 0) is 33.6 Å². The maximum atomic E-state index is 11.8. The molecule has 1 heterocycles. The van der Waals surface area contributed by atoms with Crippen LogP contribution < -0.4 is 0 Å². The van der Waals surface area contributed by atoms with Crippen LogP contribution in [0.2, 0.25) is 0 Å². The minimum atomic E-state index is -0.501. The Kier molecular flexibility index (Phi) is 3.94. The van der Waals surface area contributed by atoms with E-state index in [2.05, 4.69) is 0 Å². The molecule has 1 fully saturated rings. The van der Waals surface area contributed by atoms with E-state index in [1.165, 1.54) is 0 Å². The second-order valence-corrected chi connectivity index (χ2v) is 5.15. The van der Waals surface area contributed by atoms with Crippen molar-refractivity contribution in [2.45, 2.75) is 58.6 Å². The number of rotatable bonds is 2. The highest BCUT2D eigenvalue weighted by Crippen LogP contribution is 2.22. The number of amides is 1. The number of ether oxygens (including phenoxy) is 1. The molecule has 4 nitrogen and oxygen atoms in total. The van der Waals surface area contributed by atoms with E-state index in [1.807, 2.05) is 27.7 Å². The van der Waals surface area contributed by atoms with Gasteiger partial charge in [-0.25, -0.2) is 4.79 Å². The van der Waals surface area contributed by atoms with E-state index < -0.39 is 5.60 Å². The summed E-state index contributed by atoms with van der Waals surface area (Å²) in [6.45, 7) is 7.95. The van der Waals surface area contributed by atoms with Crippen molar-refractivity contribution in [3.05, 3.63) is 0 Å². The van der Waals surface area contributed by atoms with Gasteiger partial charge in [0.05, 0.1) is 6.04 Å². The van der Waals surface area contributed by atoms with Crippen molar-refractivity contribution in [3.8, 4) is 0 Å². The Morgan fingerprint density at radius 1 is 1.38 bits per heavy atom. The number of ketones is 1. The third-order valence-electron chi connectivity index (χ3n) is 2.60. The molecule has 0 spiro atoms. The summed E-state index contributed by atoms with van der Waals surface area (Å²) in [4.78, 5) is 25.1. The highest BCUT2D eigenvalue weighted by atomic mass is 16.6. The number of likely N-dealkylation sites (tertiary alicyclic amines) is 1. The summed E-state index contributed by atoms with van der Waals surface area (Å²) in [5.41, 5.74) is -0.501. The molecule has 0 aromatic heterocycles. The van der Waals surface area contributed by atoms with Crippen molar-refractivity contribution in [2.24, 2.45) is 0 Å². The minimum absolute atomic E-state index is 0.128. The van der Waals surface area contributed by atoms with Crippen LogP contribution in [0.4, 0.5) is 4.79 Å². The first-order chi connectivity index (χ1) is 7.35. The highest BCUT2D eigenvalue weighted by Gasteiger charge is 2.35. The zero-order valence-corrected chi connectivity index (χ0v) is 10.6. The molecule has 0 aromatic rings. The molecular formula is C12H21NO3. The Morgan fingerprint density at radius 3 is 2.50 bits per heavy atom. The number of nitrogens with zero attached hydrogens (tertiary/aromatic N) is 1. The van der Waals surface area contributed by atoms with Gasteiger partial charge in [-0.15, -0.1) is 0 Å². The number of hydrogen-bond donors (Lipinski definition) is 0. The molecule has 0 aliphatic carbocycles. The average molecular weight is 227 g/mol. The fourth-order valence-corrected chi connectivity index (χ4v) is 1.88. The fraction of sp³-hybridized carbons (Fsp3) is 0.833. The molecule has 0 unspecified atom stereocenters. The summed E-state index contributed by atoms with van der Waals surface area (Å²) in [5, 5.41) is 0. The van der Waals surface area contributed by atoms with Crippen LogP contribution in [0.5, 0.6) is 0 Å². The molecule has 16 heavy (non-hydrogen) atoms. The molecule has 92 valence electrons. The van der Waals surface area contributed by atoms with Crippen molar-refractivity contribution in [2.75, 3.05) is 6.54 Å². The first-order valence-corrected chi connectivity index (χ1v) is 5.87. The van der Waals surface area contributed by atoms with Crippen LogP contribution in [-0.2, 0) is 9.53 Å². The summed E-state index contributed by atoms with van der Waals surface area (Å²) in [7, 11) is 0. The van der Waals surface area contributed by atoms with Gasteiger partial charge in [0.1, 0.15) is 5.60 Å². The Morgan fingerprint density at radius 2 is 2.00 bits per heavy atom. The molecule has 1 saturated heterocycles. The molecule has 1 aliphatic rings. The molecule has 4 heteroatoms. The monoisotopic (exact) mass is 227 g/mol. The molecule has 0 bridgehead atoms. The summed E-state index contributed by atoms with van der Waals surface area (Å²) in [6, 6.07) is -0.264. The normalized spacial score (nSPS) is 21.0. The lowest BCUT2D eigenvalue weighted by atomic mass is 10.1. The molecule has 0 saturated carbocycles. The van der Waals surface area contributed by atoms with Gasteiger partial charge in [-0.2, -0.15) is 0 Å². The standard InChI is InChI=1S/C12H21NO3/c1-5-10(14)9-7-6-8-13(9)11(15)16-12(2,3)4/h9H,5-8H2,1-4H3/t9-/m1/s1. The SMILES string of the molecule is CCC(=O)[C@H]1CCCN1C(=O)OC(C)(C)C. The van der Waals surface area contributed by atoms with Crippen LogP contribution in [-0.4, -0.2) is 35.0 Å². The molecule has 1 atom stereocenters. The molecule has 1 amide bonds. The van der Waals surface area contributed by atoms with Crippen molar-refractivity contribution in [3.63, 3.8) is 0 Å². The molecule has 0 N–H and O–H groups in total. The van der Waals surface area contributed by atoms with Gasteiger partial charge >= 0.3 is 6.09 Å². The lowest BCUT2D eigenvalue weighted by Crippen LogP contribution is -2.43. The molecular weight excluding hydrogens is 206 g/mol. The van der Waals surface area contributed by atoms with Gasteiger partial charge in [-0.3, -0.25) is 9.69 Å². The van der Waals surface area contributed by atoms with E-state index in [0.29, 0.717) is 13.0 Å². The first-order valence-electron chi connectivity index (χ1n) is 5.87. The second kappa shape index (κ2) is 4.85. The van der Waals surface area contributed by atoms with Gasteiger partial charge in [0.25, 0.3) is 0 Å². The second-order valence-electron chi connectivity index (χ2n) is 5.15. The maximum Gasteiger partial charge on any atom is 0.410 e. The Bertz CT molecular complexity index is 280. The zero-order valence-electron chi connectivity index (χ0n) is 10.6. The number of Topliss-reactive ketones (excluding diaryl/α,β-unsaturated/α-hetero) is 1. The smallest absolute Gasteiger partial charge is 0.410 e. The van der Waals surface area contributed by atoms with E-state index in [-0.39, 0.29) is 17.9 Å². The molecule has 1 rings (SSSR count). The van der Waals surface area contributed by atoms with Crippen LogP contribution in [0, 0.1) is 0 Å². The molecule has 0 radical (unpaired) electrons. The van der Waals surface area contributed by atoms with E-state index in [0.717, 1.165) is 12.8 Å². The lowest BCUT2D eigenvalue weighted by molar-refractivity contribution is -0.123. The lowest BCUT2D eigenvalue weighted by Gasteiger charge is -2.27. The van der Waals surface area contributed by atoms with Gasteiger partial charge in [0.2, 0.25) is 0 Å². The van der Waals surface area contributed by atoms with Crippen molar-refractivity contribution >= 4 is 11.9 Å². The van der Waals surface area contributed by atoms with Gasteiger partial charge in [0, 0.05) is 13.0 Å². The molecule has 0 aromatic carbocycles. The fourth-order valence-electron chi connectivity index (χ4n) is 1.88. The minimum Gasteiger partial charge on any atom is -0.444 e. The van der Waals surface area contributed by atoms with Crippen molar-refractivity contribution < 1.29 is 14.3 Å². The van der Waals surface area contributed by atoms with Crippen molar-refractivity contribution in [1.29, 1.82) is 0 Å². The third kappa shape index (κ3) is 3.22. The van der Waals surface area contributed by atoms with E-state index in [1.54, 1.807) is 4.90 Å². The molecule has 1 aliphatic heterocycles. The Labute approximate surface area is 96.9 Å². The van der Waals surface area contributed by atoms with Crippen LogP contribution in [0.15, 0.2) is 0 Å². The summed E-state index contributed by atoms with van der Waals surface area (Å²) in [5.74, 6) is 0.128. The predicted molar refractivity (Wildman–Crippen MR) is 61.3 cm³/mol. The quantitative estimate of drug-likeness (QED) is 0.727. The maximum absolute atomic E-state index is 11.8. The van der Waals surface area contributed by atoms with Crippen LogP contribution >= 0.6 is 0 Å². The summed E-state index contributed by atoms with van der Waals surface area (Å²) in [6.07, 6.45) is 1.77. The third-order valence-corrected chi connectivity index (χ3v) is 2.60. The van der Waals surface area contributed by atoms with Gasteiger partial charge in [0.15, 0.2) is 5.78 Å². The van der Waals surface area contributed by atoms with Gasteiger partial charge in [-0.1, -0.05) is 6.92 Å². The van der Waals surface area contributed by atoms with E-state index in [4.69, 9.17) is 4.74 Å². The summed E-state index contributed by atoms with van der Waals surface area (Å²) < 4.78 is 5.28.